The summed E-state index contributed by atoms with van der Waals surface area (Å²) in [5.74, 6) is -0.387. The molecular weight excluding hydrogens is 318 g/mol. The van der Waals surface area contributed by atoms with E-state index in [0.717, 1.165) is 19.6 Å². The van der Waals surface area contributed by atoms with Crippen LogP contribution in [0.4, 0.5) is 0 Å². The van der Waals surface area contributed by atoms with Crippen LogP contribution in [0.1, 0.15) is 13.3 Å². The van der Waals surface area contributed by atoms with Crippen LogP contribution < -0.4 is 5.76 Å². The van der Waals surface area contributed by atoms with Crippen LogP contribution in [0.3, 0.4) is 0 Å². The van der Waals surface area contributed by atoms with Crippen LogP contribution in [-0.2, 0) is 11.3 Å². The minimum absolute atomic E-state index is 0.0702. The zero-order chi connectivity index (χ0) is 16.6. The molecule has 0 spiro atoms. The number of benzene rings is 1. The fourth-order valence-electron chi connectivity index (χ4n) is 3.11. The van der Waals surface area contributed by atoms with Gasteiger partial charge in [0.2, 0.25) is 5.91 Å². The summed E-state index contributed by atoms with van der Waals surface area (Å²) in [6.07, 6.45) is 0.283. The van der Waals surface area contributed by atoms with Crippen LogP contribution in [0.25, 0.3) is 11.1 Å². The Morgan fingerprint density at radius 1 is 1.39 bits per heavy atom. The summed E-state index contributed by atoms with van der Waals surface area (Å²) >= 11 is 5.90. The highest BCUT2D eigenvalue weighted by atomic mass is 35.5. The Kier molecular flexibility index (Phi) is 4.46. The predicted octanol–water partition coefficient (Wildman–Crippen LogP) is 1.80. The summed E-state index contributed by atoms with van der Waals surface area (Å²) in [6.45, 7) is 4.84. The van der Waals surface area contributed by atoms with E-state index in [4.69, 9.17) is 16.0 Å². The van der Waals surface area contributed by atoms with Crippen LogP contribution in [0, 0.1) is 0 Å². The number of hydrogen-bond acceptors (Lipinski definition) is 4. The predicted molar refractivity (Wildman–Crippen MR) is 88.8 cm³/mol. The molecule has 23 heavy (non-hydrogen) atoms. The first-order chi connectivity index (χ1) is 11.0. The number of aryl methyl sites for hydroxylation is 1. The number of piperazine rings is 1. The first-order valence-corrected chi connectivity index (χ1v) is 8.10. The van der Waals surface area contributed by atoms with Gasteiger partial charge in [-0.15, -0.1) is 0 Å². The van der Waals surface area contributed by atoms with E-state index >= 15 is 0 Å². The largest absolute Gasteiger partial charge is 0.419 e. The Hall–Kier alpha value is -1.79. The third kappa shape index (κ3) is 3.28. The van der Waals surface area contributed by atoms with E-state index in [1.165, 1.54) is 4.57 Å². The lowest BCUT2D eigenvalue weighted by Gasteiger charge is -2.38. The molecule has 2 aromatic rings. The molecule has 1 atom stereocenters. The fraction of sp³-hybridized carbons (Fsp3) is 0.500. The first kappa shape index (κ1) is 16.1. The van der Waals surface area contributed by atoms with Crippen LogP contribution in [-0.4, -0.2) is 53.0 Å². The van der Waals surface area contributed by atoms with Crippen molar-refractivity contribution in [2.24, 2.45) is 0 Å². The molecule has 0 aliphatic carbocycles. The number of rotatable bonds is 3. The van der Waals surface area contributed by atoms with Gasteiger partial charge in [0.05, 0.1) is 5.52 Å². The number of carbonyl (C=O) groups is 1. The Morgan fingerprint density at radius 2 is 2.17 bits per heavy atom. The SMILES string of the molecule is C[C@@H]1CN(C)CCN1C(=O)CCn1c(=O)oc2cc(Cl)ccc21. The molecule has 2 heterocycles. The minimum Gasteiger partial charge on any atom is -0.408 e. The van der Waals surface area contributed by atoms with Gasteiger partial charge in [-0.2, -0.15) is 0 Å². The van der Waals surface area contributed by atoms with Crippen molar-refractivity contribution in [2.75, 3.05) is 26.7 Å². The molecule has 0 N–H and O–H groups in total. The summed E-state index contributed by atoms with van der Waals surface area (Å²) in [5, 5.41) is 0.515. The quantitative estimate of drug-likeness (QED) is 0.857. The highest BCUT2D eigenvalue weighted by molar-refractivity contribution is 6.31. The average molecular weight is 338 g/mol. The van der Waals surface area contributed by atoms with Crippen molar-refractivity contribution in [3.63, 3.8) is 0 Å². The Bertz CT molecular complexity index is 782. The molecule has 1 fully saturated rings. The third-order valence-electron chi connectivity index (χ3n) is 4.33. The van der Waals surface area contributed by atoms with Gasteiger partial charge in [-0.05, 0) is 26.1 Å². The van der Waals surface area contributed by atoms with Crippen molar-refractivity contribution in [3.8, 4) is 0 Å². The topological polar surface area (TPSA) is 58.7 Å². The standard InChI is InChI=1S/C16H20ClN3O3/c1-11-10-18(2)7-8-19(11)15(21)5-6-20-13-4-3-12(17)9-14(13)23-16(20)22/h3-4,9,11H,5-8,10H2,1-2H3/t11-/m1/s1. The third-order valence-corrected chi connectivity index (χ3v) is 4.57. The number of fused-ring (bicyclic) bond motifs is 1. The molecule has 0 radical (unpaired) electrons. The van der Waals surface area contributed by atoms with E-state index in [2.05, 4.69) is 18.9 Å². The van der Waals surface area contributed by atoms with Crippen molar-refractivity contribution in [1.29, 1.82) is 0 Å². The Labute approximate surface area is 139 Å². The van der Waals surface area contributed by atoms with Gasteiger partial charge in [0.1, 0.15) is 0 Å². The van der Waals surface area contributed by atoms with Crippen molar-refractivity contribution in [3.05, 3.63) is 33.8 Å². The van der Waals surface area contributed by atoms with E-state index in [9.17, 15) is 9.59 Å². The van der Waals surface area contributed by atoms with Gasteiger partial charge in [0.15, 0.2) is 5.58 Å². The Morgan fingerprint density at radius 3 is 2.91 bits per heavy atom. The number of halogens is 1. The van der Waals surface area contributed by atoms with E-state index in [-0.39, 0.29) is 18.4 Å². The second-order valence-electron chi connectivity index (χ2n) is 6.08. The van der Waals surface area contributed by atoms with Gasteiger partial charge in [0.25, 0.3) is 0 Å². The van der Waals surface area contributed by atoms with E-state index in [1.54, 1.807) is 18.2 Å². The molecule has 0 bridgehead atoms. The summed E-state index contributed by atoms with van der Waals surface area (Å²) in [7, 11) is 2.06. The van der Waals surface area contributed by atoms with Crippen molar-refractivity contribution < 1.29 is 9.21 Å². The smallest absolute Gasteiger partial charge is 0.408 e. The lowest BCUT2D eigenvalue weighted by molar-refractivity contribution is -0.135. The molecule has 1 amide bonds. The molecule has 1 aromatic carbocycles. The number of likely N-dealkylation sites (N-methyl/N-ethyl adjacent to an activating group) is 1. The van der Waals surface area contributed by atoms with E-state index in [0.29, 0.717) is 22.7 Å². The molecular formula is C16H20ClN3O3. The molecule has 7 heteroatoms. The van der Waals surface area contributed by atoms with Gasteiger partial charge in [0, 0.05) is 49.7 Å². The van der Waals surface area contributed by atoms with Gasteiger partial charge in [-0.1, -0.05) is 11.6 Å². The van der Waals surface area contributed by atoms with Gasteiger partial charge < -0.3 is 14.2 Å². The van der Waals surface area contributed by atoms with Crippen molar-refractivity contribution in [2.45, 2.75) is 25.9 Å². The maximum Gasteiger partial charge on any atom is 0.419 e. The van der Waals surface area contributed by atoms with E-state index < -0.39 is 5.76 Å². The number of carbonyl (C=O) groups excluding carboxylic acids is 1. The van der Waals surface area contributed by atoms with Crippen LogP contribution >= 0.6 is 11.6 Å². The molecule has 6 nitrogen and oxygen atoms in total. The number of nitrogens with zero attached hydrogens (tertiary/aromatic N) is 3. The van der Waals surface area contributed by atoms with Crippen LogP contribution in [0.2, 0.25) is 5.02 Å². The monoisotopic (exact) mass is 337 g/mol. The number of amides is 1. The van der Waals surface area contributed by atoms with Crippen molar-refractivity contribution >= 4 is 28.6 Å². The van der Waals surface area contributed by atoms with Crippen LogP contribution in [0.5, 0.6) is 0 Å². The molecule has 1 aliphatic rings. The molecule has 1 aromatic heterocycles. The molecule has 0 unspecified atom stereocenters. The Balaban J connectivity index is 1.72. The molecule has 124 valence electrons. The van der Waals surface area contributed by atoms with Crippen molar-refractivity contribution in [1.82, 2.24) is 14.4 Å². The summed E-state index contributed by atoms with van der Waals surface area (Å²) < 4.78 is 6.67. The zero-order valence-corrected chi connectivity index (χ0v) is 14.0. The van der Waals surface area contributed by atoms with Crippen LogP contribution in [0.15, 0.2) is 27.4 Å². The fourth-order valence-corrected chi connectivity index (χ4v) is 3.28. The van der Waals surface area contributed by atoms with Gasteiger partial charge in [-0.3, -0.25) is 9.36 Å². The highest BCUT2D eigenvalue weighted by Crippen LogP contribution is 2.19. The zero-order valence-electron chi connectivity index (χ0n) is 13.3. The minimum atomic E-state index is -0.457. The highest BCUT2D eigenvalue weighted by Gasteiger charge is 2.25. The lowest BCUT2D eigenvalue weighted by Crippen LogP contribution is -2.52. The second kappa shape index (κ2) is 6.37. The van der Waals surface area contributed by atoms with Gasteiger partial charge >= 0.3 is 5.76 Å². The summed E-state index contributed by atoms with van der Waals surface area (Å²) in [4.78, 5) is 28.5. The van der Waals surface area contributed by atoms with Gasteiger partial charge in [-0.25, -0.2) is 4.79 Å². The first-order valence-electron chi connectivity index (χ1n) is 7.72. The second-order valence-corrected chi connectivity index (χ2v) is 6.52. The number of hydrogen-bond donors (Lipinski definition) is 0. The lowest BCUT2D eigenvalue weighted by atomic mass is 10.2. The molecule has 1 saturated heterocycles. The molecule has 3 rings (SSSR count). The average Bonchev–Trinajstić information content (AvgIpc) is 2.79. The molecule has 1 aliphatic heterocycles. The maximum absolute atomic E-state index is 12.5. The normalized spacial score (nSPS) is 19.4. The van der Waals surface area contributed by atoms with E-state index in [1.807, 2.05) is 4.90 Å². The summed E-state index contributed by atoms with van der Waals surface area (Å²) in [5.41, 5.74) is 1.11. The maximum atomic E-state index is 12.5. The summed E-state index contributed by atoms with van der Waals surface area (Å²) in [6, 6.07) is 5.25. The number of oxazole rings is 1. The molecule has 0 saturated carbocycles. The number of aromatic nitrogens is 1.